The first kappa shape index (κ1) is 10.7. The van der Waals surface area contributed by atoms with E-state index in [0.29, 0.717) is 12.1 Å². The molecule has 0 radical (unpaired) electrons. The molecule has 0 saturated heterocycles. The third kappa shape index (κ3) is 2.84. The van der Waals surface area contributed by atoms with Crippen LogP contribution >= 0.6 is 27.5 Å². The second-order valence-electron chi connectivity index (χ2n) is 3.18. The molecule has 1 heterocycles. The summed E-state index contributed by atoms with van der Waals surface area (Å²) in [6.45, 7) is 0. The average molecular weight is 285 g/mol. The van der Waals surface area contributed by atoms with Crippen LogP contribution in [-0.2, 0) is 6.42 Å². The molecule has 78 valence electrons. The van der Waals surface area contributed by atoms with Crippen LogP contribution in [0.2, 0.25) is 0 Å². The van der Waals surface area contributed by atoms with Crippen LogP contribution in [-0.4, -0.2) is 14.7 Å². The number of aliphatic hydroxyl groups is 1. The Morgan fingerprint density at radius 2 is 2.07 bits per heavy atom. The van der Waals surface area contributed by atoms with E-state index in [-0.39, 0.29) is 0 Å². The predicted molar refractivity (Wildman–Crippen MR) is 62.7 cm³/mol. The number of hydrogen-bond acceptors (Lipinski definition) is 4. The lowest BCUT2D eigenvalue weighted by Gasteiger charge is -2.06. The van der Waals surface area contributed by atoms with Gasteiger partial charge in [-0.1, -0.05) is 32.6 Å². The molecule has 0 amide bonds. The van der Waals surface area contributed by atoms with Crippen LogP contribution < -0.4 is 0 Å². The maximum absolute atomic E-state index is 9.82. The molecule has 1 N–H and O–H groups in total. The summed E-state index contributed by atoms with van der Waals surface area (Å²) < 4.78 is 4.76. The van der Waals surface area contributed by atoms with E-state index in [2.05, 4.69) is 25.5 Å². The summed E-state index contributed by atoms with van der Waals surface area (Å²) in [5.74, 6) is 0. The normalized spacial score (nSPS) is 12.7. The largest absolute Gasteiger partial charge is 0.386 e. The summed E-state index contributed by atoms with van der Waals surface area (Å²) in [5, 5.41) is 15.4. The fourth-order valence-electron chi connectivity index (χ4n) is 1.27. The molecule has 0 bridgehead atoms. The lowest BCUT2D eigenvalue weighted by atomic mass is 10.1. The highest BCUT2D eigenvalue weighted by Gasteiger charge is 2.10. The molecule has 0 fully saturated rings. The van der Waals surface area contributed by atoms with E-state index in [1.54, 1.807) is 5.38 Å². The number of hydrogen-bond donors (Lipinski definition) is 1. The van der Waals surface area contributed by atoms with Crippen LogP contribution in [0.3, 0.4) is 0 Å². The van der Waals surface area contributed by atoms with Crippen molar-refractivity contribution < 1.29 is 5.11 Å². The maximum atomic E-state index is 9.82. The van der Waals surface area contributed by atoms with Gasteiger partial charge in [0.25, 0.3) is 0 Å². The molecule has 15 heavy (non-hydrogen) atoms. The zero-order chi connectivity index (χ0) is 10.7. The minimum atomic E-state index is -0.565. The lowest BCUT2D eigenvalue weighted by molar-refractivity contribution is 0.173. The van der Waals surface area contributed by atoms with Crippen molar-refractivity contribution in [1.82, 2.24) is 9.59 Å². The Hall–Kier alpha value is -0.780. The van der Waals surface area contributed by atoms with Crippen LogP contribution in [0.25, 0.3) is 0 Å². The molecule has 3 nitrogen and oxygen atoms in total. The molecule has 1 atom stereocenters. The Labute approximate surface area is 100 Å². The van der Waals surface area contributed by atoms with Gasteiger partial charge in [-0.15, -0.1) is 5.10 Å². The molecule has 0 aliphatic rings. The molecular weight excluding hydrogens is 276 g/mol. The van der Waals surface area contributed by atoms with Gasteiger partial charge in [0.2, 0.25) is 0 Å². The minimum absolute atomic E-state index is 0.565. The fourth-order valence-corrected chi connectivity index (χ4v) is 2.03. The van der Waals surface area contributed by atoms with Crippen molar-refractivity contribution in [3.63, 3.8) is 0 Å². The second kappa shape index (κ2) is 4.83. The lowest BCUT2D eigenvalue weighted by Crippen LogP contribution is -2.02. The van der Waals surface area contributed by atoms with E-state index in [0.717, 1.165) is 10.0 Å². The third-order valence-corrected chi connectivity index (χ3v) is 3.11. The van der Waals surface area contributed by atoms with E-state index >= 15 is 0 Å². The van der Waals surface area contributed by atoms with Crippen LogP contribution in [0.4, 0.5) is 0 Å². The Morgan fingerprint density at radius 1 is 1.33 bits per heavy atom. The topological polar surface area (TPSA) is 46.0 Å². The van der Waals surface area contributed by atoms with Gasteiger partial charge < -0.3 is 5.11 Å². The summed E-state index contributed by atoms with van der Waals surface area (Å²) in [6, 6.07) is 7.88. The number of aliphatic hydroxyl groups excluding tert-OH is 1. The highest BCUT2D eigenvalue weighted by Crippen LogP contribution is 2.18. The minimum Gasteiger partial charge on any atom is -0.386 e. The van der Waals surface area contributed by atoms with Crippen LogP contribution in [0.1, 0.15) is 17.4 Å². The fraction of sp³-hybridized carbons (Fsp3) is 0.200. The van der Waals surface area contributed by atoms with Crippen molar-refractivity contribution in [3.8, 4) is 0 Å². The molecule has 5 heteroatoms. The molecule has 2 aromatic rings. The van der Waals surface area contributed by atoms with Crippen molar-refractivity contribution in [2.45, 2.75) is 12.5 Å². The van der Waals surface area contributed by atoms with Gasteiger partial charge in [-0.25, -0.2) is 0 Å². The van der Waals surface area contributed by atoms with Gasteiger partial charge in [0, 0.05) is 16.3 Å². The summed E-state index contributed by atoms with van der Waals surface area (Å²) in [4.78, 5) is 0. The van der Waals surface area contributed by atoms with Gasteiger partial charge in [-0.2, -0.15) is 0 Å². The summed E-state index contributed by atoms with van der Waals surface area (Å²) >= 11 is 4.62. The molecule has 0 aliphatic carbocycles. The van der Waals surface area contributed by atoms with Crippen LogP contribution in [0, 0.1) is 0 Å². The highest BCUT2D eigenvalue weighted by molar-refractivity contribution is 9.10. The van der Waals surface area contributed by atoms with Gasteiger partial charge in [-0.3, -0.25) is 0 Å². The summed E-state index contributed by atoms with van der Waals surface area (Å²) in [5.41, 5.74) is 1.72. The molecule has 0 aliphatic heterocycles. The monoisotopic (exact) mass is 284 g/mol. The zero-order valence-electron chi connectivity index (χ0n) is 7.80. The average Bonchev–Trinajstić information content (AvgIpc) is 2.74. The van der Waals surface area contributed by atoms with Gasteiger partial charge in [0.15, 0.2) is 0 Å². The van der Waals surface area contributed by atoms with Crippen molar-refractivity contribution in [2.75, 3.05) is 0 Å². The molecule has 1 aromatic carbocycles. The number of benzene rings is 1. The molecule has 2 rings (SSSR count). The highest BCUT2D eigenvalue weighted by atomic mass is 79.9. The Morgan fingerprint density at radius 3 is 2.67 bits per heavy atom. The Balaban J connectivity index is 2.06. The third-order valence-electron chi connectivity index (χ3n) is 2.06. The maximum Gasteiger partial charge on any atom is 0.104 e. The van der Waals surface area contributed by atoms with Crippen LogP contribution in [0.15, 0.2) is 34.1 Å². The van der Waals surface area contributed by atoms with E-state index < -0.39 is 6.10 Å². The quantitative estimate of drug-likeness (QED) is 0.942. The van der Waals surface area contributed by atoms with E-state index in [1.807, 2.05) is 24.3 Å². The number of rotatable bonds is 3. The SMILES string of the molecule is OC(Cc1ccc(Br)cc1)c1csnn1. The van der Waals surface area contributed by atoms with Crippen molar-refractivity contribution >= 4 is 27.5 Å². The molecular formula is C10H9BrN2OS. The van der Waals surface area contributed by atoms with Gasteiger partial charge >= 0.3 is 0 Å². The van der Waals surface area contributed by atoms with Crippen molar-refractivity contribution in [3.05, 3.63) is 45.4 Å². The van der Waals surface area contributed by atoms with E-state index in [1.165, 1.54) is 11.5 Å². The van der Waals surface area contributed by atoms with Crippen molar-refractivity contribution in [2.24, 2.45) is 0 Å². The summed E-state index contributed by atoms with van der Waals surface area (Å²) in [7, 11) is 0. The number of nitrogens with zero attached hydrogens (tertiary/aromatic N) is 2. The zero-order valence-corrected chi connectivity index (χ0v) is 10.2. The predicted octanol–water partition coefficient (Wildman–Crippen LogP) is 2.58. The summed E-state index contributed by atoms with van der Waals surface area (Å²) in [6.07, 6.45) is 0.00326. The van der Waals surface area contributed by atoms with E-state index in [9.17, 15) is 5.11 Å². The first-order chi connectivity index (χ1) is 7.25. The number of halogens is 1. The van der Waals surface area contributed by atoms with Gasteiger partial charge in [0.05, 0.1) is 0 Å². The second-order valence-corrected chi connectivity index (χ2v) is 4.70. The van der Waals surface area contributed by atoms with Crippen LogP contribution in [0.5, 0.6) is 0 Å². The Kier molecular flexibility index (Phi) is 3.45. The van der Waals surface area contributed by atoms with Gasteiger partial charge in [-0.05, 0) is 29.2 Å². The smallest absolute Gasteiger partial charge is 0.104 e. The Bertz CT molecular complexity index is 415. The van der Waals surface area contributed by atoms with E-state index in [4.69, 9.17) is 0 Å². The molecule has 1 unspecified atom stereocenters. The molecule has 0 saturated carbocycles. The first-order valence-corrected chi connectivity index (χ1v) is 6.08. The van der Waals surface area contributed by atoms with Gasteiger partial charge in [0.1, 0.15) is 11.8 Å². The molecule has 1 aromatic heterocycles. The molecule has 0 spiro atoms. The number of aromatic nitrogens is 2. The van der Waals surface area contributed by atoms with Crippen molar-refractivity contribution in [1.29, 1.82) is 0 Å². The first-order valence-electron chi connectivity index (χ1n) is 4.45. The standard InChI is InChI=1S/C10H9BrN2OS/c11-8-3-1-7(2-4-8)5-10(14)9-6-15-13-12-9/h1-4,6,10,14H,5H2.